The van der Waals surface area contributed by atoms with Gasteiger partial charge in [0.25, 0.3) is 0 Å². The molecule has 0 saturated heterocycles. The molecule has 4 rings (SSSR count). The maximum absolute atomic E-state index is 13.6. The fourth-order valence-electron chi connectivity index (χ4n) is 4.03. The number of aryl methyl sites for hydroxylation is 1. The third kappa shape index (κ3) is 4.22. The summed E-state index contributed by atoms with van der Waals surface area (Å²) in [7, 11) is 0. The number of H-pyrrole nitrogens is 1. The maximum Gasteiger partial charge on any atom is 0.186 e. The third-order valence-corrected chi connectivity index (χ3v) is 5.86. The largest absolute Gasteiger partial charge is 0.360 e. The summed E-state index contributed by atoms with van der Waals surface area (Å²) in [6, 6.07) is 26.3. The number of nitrogens with one attached hydrogen (secondary N) is 2. The van der Waals surface area contributed by atoms with Gasteiger partial charge >= 0.3 is 0 Å². The molecule has 0 aliphatic rings. The third-order valence-electron chi connectivity index (χ3n) is 5.86. The summed E-state index contributed by atoms with van der Waals surface area (Å²) in [5.74, 6) is 0.449. The molecule has 1 aromatic heterocycles. The number of hydrogen-bond donors (Lipinski definition) is 2. The number of ketones is 1. The second kappa shape index (κ2) is 9.10. The minimum Gasteiger partial charge on any atom is -0.360 e. The van der Waals surface area contributed by atoms with Crippen molar-refractivity contribution in [3.05, 3.63) is 107 Å². The molecule has 0 spiro atoms. The molecule has 0 aliphatic carbocycles. The van der Waals surface area contributed by atoms with E-state index >= 15 is 0 Å². The molecule has 0 aliphatic heterocycles. The van der Waals surface area contributed by atoms with Crippen molar-refractivity contribution in [2.75, 3.05) is 6.54 Å². The number of rotatable bonds is 8. The first-order valence-corrected chi connectivity index (χ1v) is 10.6. The predicted octanol–water partition coefficient (Wildman–Crippen LogP) is 6.18. The molecule has 30 heavy (non-hydrogen) atoms. The molecule has 3 aromatic carbocycles. The van der Waals surface area contributed by atoms with Crippen LogP contribution in [0.1, 0.15) is 52.4 Å². The van der Waals surface area contributed by atoms with Crippen LogP contribution in [-0.2, 0) is 0 Å². The molecule has 2 atom stereocenters. The average molecular weight is 397 g/mol. The molecule has 4 aromatic rings. The minimum absolute atomic E-state index is 0.0948. The number of fused-ring (bicyclic) bond motifs is 1. The van der Waals surface area contributed by atoms with Crippen molar-refractivity contribution in [1.29, 1.82) is 0 Å². The minimum atomic E-state index is -0.384. The van der Waals surface area contributed by atoms with Crippen molar-refractivity contribution in [3.8, 4) is 0 Å². The quantitative estimate of drug-likeness (QED) is 0.349. The van der Waals surface area contributed by atoms with Crippen molar-refractivity contribution >= 4 is 16.7 Å². The summed E-state index contributed by atoms with van der Waals surface area (Å²) >= 11 is 0. The van der Waals surface area contributed by atoms with Crippen LogP contribution in [-0.4, -0.2) is 17.3 Å². The predicted molar refractivity (Wildman–Crippen MR) is 124 cm³/mol. The van der Waals surface area contributed by atoms with Gasteiger partial charge in [0.2, 0.25) is 0 Å². The van der Waals surface area contributed by atoms with E-state index < -0.39 is 0 Å². The molecule has 3 heteroatoms. The van der Waals surface area contributed by atoms with Gasteiger partial charge in [0.15, 0.2) is 5.78 Å². The summed E-state index contributed by atoms with van der Waals surface area (Å²) in [6.07, 6.45) is 2.85. The second-order valence-electron chi connectivity index (χ2n) is 7.88. The number of benzene rings is 3. The highest BCUT2D eigenvalue weighted by Gasteiger charge is 2.25. The molecule has 152 valence electrons. The van der Waals surface area contributed by atoms with Crippen LogP contribution in [0.15, 0.2) is 85.1 Å². The first kappa shape index (κ1) is 20.1. The second-order valence-corrected chi connectivity index (χ2v) is 7.88. The Bertz CT molecular complexity index is 1110. The van der Waals surface area contributed by atoms with E-state index in [1.807, 2.05) is 60.8 Å². The van der Waals surface area contributed by atoms with Gasteiger partial charge in [-0.05, 0) is 36.5 Å². The normalized spacial score (nSPS) is 13.3. The van der Waals surface area contributed by atoms with Crippen LogP contribution in [0, 0.1) is 6.92 Å². The van der Waals surface area contributed by atoms with Crippen molar-refractivity contribution in [2.45, 2.75) is 32.2 Å². The van der Waals surface area contributed by atoms with E-state index in [2.05, 4.69) is 48.4 Å². The van der Waals surface area contributed by atoms with Crippen LogP contribution in [0.4, 0.5) is 0 Å². The van der Waals surface area contributed by atoms with Gasteiger partial charge in [0.05, 0.1) is 6.04 Å². The van der Waals surface area contributed by atoms with Gasteiger partial charge in [-0.1, -0.05) is 85.3 Å². The van der Waals surface area contributed by atoms with Crippen LogP contribution in [0.3, 0.4) is 0 Å². The van der Waals surface area contributed by atoms with Gasteiger partial charge in [-0.25, -0.2) is 0 Å². The van der Waals surface area contributed by atoms with Crippen LogP contribution in [0.2, 0.25) is 0 Å². The zero-order valence-electron chi connectivity index (χ0n) is 17.6. The first-order valence-electron chi connectivity index (χ1n) is 10.6. The Morgan fingerprint density at radius 3 is 2.33 bits per heavy atom. The first-order chi connectivity index (χ1) is 14.7. The fraction of sp³-hybridized carbons (Fsp3) is 0.222. The molecule has 0 amide bonds. The van der Waals surface area contributed by atoms with E-state index in [1.54, 1.807) is 0 Å². The Hall–Kier alpha value is -3.17. The van der Waals surface area contributed by atoms with Crippen molar-refractivity contribution in [3.63, 3.8) is 0 Å². The van der Waals surface area contributed by atoms with Crippen LogP contribution < -0.4 is 5.32 Å². The summed E-state index contributed by atoms with van der Waals surface area (Å²) in [6.45, 7) is 5.05. The number of Topliss-reactive ketones (excluding diaryl/α,β-unsaturated/α-hetero) is 1. The van der Waals surface area contributed by atoms with Gasteiger partial charge in [0, 0.05) is 29.2 Å². The van der Waals surface area contributed by atoms with Gasteiger partial charge < -0.3 is 10.3 Å². The molecule has 1 heterocycles. The van der Waals surface area contributed by atoms with Gasteiger partial charge in [-0.15, -0.1) is 0 Å². The van der Waals surface area contributed by atoms with Crippen LogP contribution >= 0.6 is 0 Å². The molecular weight excluding hydrogens is 368 g/mol. The standard InChI is InChI=1S/C27H28N2O/c1-3-20(21-15-13-19(2)14-16-21)17-29-26(22-9-5-4-6-10-22)27(30)24-18-28-25-12-8-7-11-23(24)25/h4-16,18,20,26,28-29H,3,17H2,1-2H3/t20-,26+/m1/s1. The highest BCUT2D eigenvalue weighted by Crippen LogP contribution is 2.26. The van der Waals surface area contributed by atoms with E-state index in [0.717, 1.165) is 35.0 Å². The zero-order valence-corrected chi connectivity index (χ0v) is 17.6. The fourth-order valence-corrected chi connectivity index (χ4v) is 4.03. The maximum atomic E-state index is 13.6. The van der Waals surface area contributed by atoms with Gasteiger partial charge in [-0.2, -0.15) is 0 Å². The van der Waals surface area contributed by atoms with Gasteiger partial charge in [-0.3, -0.25) is 4.79 Å². The van der Waals surface area contributed by atoms with Crippen LogP contribution in [0.5, 0.6) is 0 Å². The molecule has 0 unspecified atom stereocenters. The van der Waals surface area contributed by atoms with E-state index in [4.69, 9.17) is 0 Å². The topological polar surface area (TPSA) is 44.9 Å². The molecular formula is C27H28N2O. The number of aromatic nitrogens is 1. The number of hydrogen-bond acceptors (Lipinski definition) is 2. The SMILES string of the molecule is CC[C@H](CN[C@H](C(=O)c1c[nH]c2ccccc12)c1ccccc1)c1ccc(C)cc1. The lowest BCUT2D eigenvalue weighted by molar-refractivity contribution is 0.0943. The number of para-hydroxylation sites is 1. The number of carbonyl (C=O) groups is 1. The average Bonchev–Trinajstić information content (AvgIpc) is 3.22. The van der Waals surface area contributed by atoms with E-state index in [9.17, 15) is 4.79 Å². The summed E-state index contributed by atoms with van der Waals surface area (Å²) in [4.78, 5) is 16.9. The molecule has 0 bridgehead atoms. The monoisotopic (exact) mass is 396 g/mol. The lowest BCUT2D eigenvalue weighted by Crippen LogP contribution is -2.32. The Labute approximate surface area is 178 Å². The lowest BCUT2D eigenvalue weighted by atomic mass is 9.93. The molecule has 0 saturated carbocycles. The highest BCUT2D eigenvalue weighted by atomic mass is 16.1. The van der Waals surface area contributed by atoms with Gasteiger partial charge in [0.1, 0.15) is 0 Å². The number of carbonyl (C=O) groups excluding carboxylic acids is 1. The van der Waals surface area contributed by atoms with Crippen molar-refractivity contribution < 1.29 is 4.79 Å². The van der Waals surface area contributed by atoms with E-state index in [1.165, 1.54) is 11.1 Å². The Morgan fingerprint density at radius 2 is 1.60 bits per heavy atom. The summed E-state index contributed by atoms with van der Waals surface area (Å²) < 4.78 is 0. The zero-order chi connectivity index (χ0) is 20.9. The Kier molecular flexibility index (Phi) is 6.10. The van der Waals surface area contributed by atoms with Crippen molar-refractivity contribution in [2.24, 2.45) is 0 Å². The van der Waals surface area contributed by atoms with E-state index in [-0.39, 0.29) is 11.8 Å². The Balaban J connectivity index is 1.62. The number of aromatic amines is 1. The smallest absolute Gasteiger partial charge is 0.186 e. The summed E-state index contributed by atoms with van der Waals surface area (Å²) in [5.41, 5.74) is 5.28. The van der Waals surface area contributed by atoms with Crippen LogP contribution in [0.25, 0.3) is 10.9 Å². The molecule has 3 nitrogen and oxygen atoms in total. The van der Waals surface area contributed by atoms with E-state index in [0.29, 0.717) is 5.92 Å². The lowest BCUT2D eigenvalue weighted by Gasteiger charge is -2.22. The summed E-state index contributed by atoms with van der Waals surface area (Å²) in [5, 5.41) is 4.56. The van der Waals surface area contributed by atoms with Crippen molar-refractivity contribution in [1.82, 2.24) is 10.3 Å². The molecule has 0 radical (unpaired) electrons. The Morgan fingerprint density at radius 1 is 0.900 bits per heavy atom. The highest BCUT2D eigenvalue weighted by molar-refractivity contribution is 6.10. The molecule has 0 fully saturated rings. The molecule has 2 N–H and O–H groups in total.